The van der Waals surface area contributed by atoms with Gasteiger partial charge in [0.15, 0.2) is 5.72 Å². The standard InChI is InChI=1S/C17H15ClF2N2O/c1-17(2)22-16(11-5-4-9(19)6-13(11)20)15-12(18)7-10(21-3)8-14(15)23-17/h4-8,21H,1-3H3. The van der Waals surface area contributed by atoms with Gasteiger partial charge in [-0.05, 0) is 32.0 Å². The second kappa shape index (κ2) is 5.49. The van der Waals surface area contributed by atoms with Crippen LogP contribution < -0.4 is 10.1 Å². The van der Waals surface area contributed by atoms with Gasteiger partial charge in [-0.2, -0.15) is 0 Å². The van der Waals surface area contributed by atoms with Gasteiger partial charge in [0.1, 0.15) is 17.4 Å². The van der Waals surface area contributed by atoms with Crippen LogP contribution in [0.25, 0.3) is 0 Å². The van der Waals surface area contributed by atoms with Crippen molar-refractivity contribution < 1.29 is 13.5 Å². The number of nitrogens with zero attached hydrogens (tertiary/aromatic N) is 1. The van der Waals surface area contributed by atoms with Crippen LogP contribution in [0, 0.1) is 11.6 Å². The summed E-state index contributed by atoms with van der Waals surface area (Å²) < 4.78 is 33.3. The van der Waals surface area contributed by atoms with E-state index in [0.29, 0.717) is 22.0 Å². The normalized spacial score (nSPS) is 15.5. The zero-order valence-electron chi connectivity index (χ0n) is 12.9. The van der Waals surface area contributed by atoms with Crippen LogP contribution >= 0.6 is 11.6 Å². The molecule has 1 N–H and O–H groups in total. The molecular formula is C17H15ClF2N2O. The highest BCUT2D eigenvalue weighted by Crippen LogP contribution is 2.39. The van der Waals surface area contributed by atoms with Crippen molar-refractivity contribution in [2.75, 3.05) is 12.4 Å². The molecule has 6 heteroatoms. The van der Waals surface area contributed by atoms with Crippen molar-refractivity contribution >= 4 is 23.0 Å². The third kappa shape index (κ3) is 2.88. The predicted molar refractivity (Wildman–Crippen MR) is 87.7 cm³/mol. The third-order valence-electron chi connectivity index (χ3n) is 3.51. The number of aliphatic imine (C=N–C) groups is 1. The maximum atomic E-state index is 14.2. The molecule has 0 aromatic heterocycles. The predicted octanol–water partition coefficient (Wildman–Crippen LogP) is 4.63. The summed E-state index contributed by atoms with van der Waals surface area (Å²) in [6.07, 6.45) is 0. The summed E-state index contributed by atoms with van der Waals surface area (Å²) in [5, 5.41) is 3.37. The highest BCUT2D eigenvalue weighted by atomic mass is 35.5. The molecule has 0 atom stereocenters. The molecule has 3 rings (SSSR count). The van der Waals surface area contributed by atoms with Gasteiger partial charge in [0, 0.05) is 30.4 Å². The Hall–Kier alpha value is -2.14. The van der Waals surface area contributed by atoms with Crippen molar-refractivity contribution in [1.82, 2.24) is 0 Å². The van der Waals surface area contributed by atoms with E-state index < -0.39 is 17.4 Å². The van der Waals surface area contributed by atoms with E-state index in [1.807, 2.05) is 0 Å². The average molecular weight is 337 g/mol. The largest absolute Gasteiger partial charge is 0.466 e. The molecule has 1 heterocycles. The summed E-state index contributed by atoms with van der Waals surface area (Å²) >= 11 is 6.35. The van der Waals surface area contributed by atoms with Gasteiger partial charge in [-0.3, -0.25) is 0 Å². The van der Waals surface area contributed by atoms with Crippen molar-refractivity contribution in [3.63, 3.8) is 0 Å². The first-order valence-corrected chi connectivity index (χ1v) is 7.44. The minimum atomic E-state index is -0.890. The van der Waals surface area contributed by atoms with Gasteiger partial charge in [0.25, 0.3) is 0 Å². The van der Waals surface area contributed by atoms with Crippen molar-refractivity contribution in [2.45, 2.75) is 19.6 Å². The smallest absolute Gasteiger partial charge is 0.195 e. The summed E-state index contributed by atoms with van der Waals surface area (Å²) in [7, 11) is 1.76. The first-order chi connectivity index (χ1) is 10.8. The molecule has 0 saturated carbocycles. The zero-order chi connectivity index (χ0) is 16.8. The maximum absolute atomic E-state index is 14.2. The summed E-state index contributed by atoms with van der Waals surface area (Å²) in [6, 6.07) is 6.86. The second-order valence-corrected chi connectivity index (χ2v) is 6.12. The Morgan fingerprint density at radius 3 is 2.57 bits per heavy atom. The summed E-state index contributed by atoms with van der Waals surface area (Å²) in [4.78, 5) is 4.46. The lowest BCUT2D eigenvalue weighted by Gasteiger charge is -2.31. The van der Waals surface area contributed by atoms with Crippen LogP contribution in [-0.4, -0.2) is 18.5 Å². The van der Waals surface area contributed by atoms with E-state index >= 15 is 0 Å². The first-order valence-electron chi connectivity index (χ1n) is 7.07. The van der Waals surface area contributed by atoms with Crippen LogP contribution in [0.1, 0.15) is 25.0 Å². The van der Waals surface area contributed by atoms with Gasteiger partial charge in [-0.25, -0.2) is 13.8 Å². The highest BCUT2D eigenvalue weighted by molar-refractivity contribution is 6.36. The van der Waals surface area contributed by atoms with E-state index in [1.165, 1.54) is 12.1 Å². The molecule has 1 aliphatic heterocycles. The van der Waals surface area contributed by atoms with Crippen molar-refractivity contribution in [1.29, 1.82) is 0 Å². The number of rotatable bonds is 2. The molecule has 23 heavy (non-hydrogen) atoms. The number of benzene rings is 2. The molecular weight excluding hydrogens is 322 g/mol. The molecule has 0 bridgehead atoms. The molecule has 0 amide bonds. The molecule has 1 aliphatic rings. The topological polar surface area (TPSA) is 33.6 Å². The minimum absolute atomic E-state index is 0.183. The molecule has 0 radical (unpaired) electrons. The fourth-order valence-electron chi connectivity index (χ4n) is 2.53. The number of halogens is 3. The molecule has 2 aromatic rings. The fourth-order valence-corrected chi connectivity index (χ4v) is 2.83. The Morgan fingerprint density at radius 2 is 1.91 bits per heavy atom. The third-order valence-corrected chi connectivity index (χ3v) is 3.80. The molecule has 0 fully saturated rings. The molecule has 0 saturated heterocycles. The van der Waals surface area contributed by atoms with E-state index in [2.05, 4.69) is 10.3 Å². The Morgan fingerprint density at radius 1 is 1.17 bits per heavy atom. The number of hydrogen-bond donors (Lipinski definition) is 1. The molecule has 2 aromatic carbocycles. The van der Waals surface area contributed by atoms with Crippen LogP contribution in [0.3, 0.4) is 0 Å². The lowest BCUT2D eigenvalue weighted by atomic mass is 9.98. The minimum Gasteiger partial charge on any atom is -0.466 e. The van der Waals surface area contributed by atoms with Gasteiger partial charge < -0.3 is 10.1 Å². The molecule has 3 nitrogen and oxygen atoms in total. The SMILES string of the molecule is CNc1cc(Cl)c2c(c1)OC(C)(C)N=C2c1ccc(F)cc1F. The molecule has 120 valence electrons. The number of anilines is 1. The van der Waals surface area contributed by atoms with Gasteiger partial charge in [-0.1, -0.05) is 11.6 Å². The molecule has 0 aliphatic carbocycles. The first kappa shape index (κ1) is 15.7. The number of fused-ring (bicyclic) bond motifs is 1. The van der Waals surface area contributed by atoms with Gasteiger partial charge >= 0.3 is 0 Å². The molecule has 0 unspecified atom stereocenters. The summed E-state index contributed by atoms with van der Waals surface area (Å²) in [5.74, 6) is -0.836. The Kier molecular flexibility index (Phi) is 3.76. The Labute approximate surface area is 138 Å². The summed E-state index contributed by atoms with van der Waals surface area (Å²) in [6.45, 7) is 3.52. The molecule has 0 spiro atoms. The maximum Gasteiger partial charge on any atom is 0.195 e. The van der Waals surface area contributed by atoms with Crippen LogP contribution in [0.2, 0.25) is 5.02 Å². The van der Waals surface area contributed by atoms with Crippen LogP contribution in [-0.2, 0) is 0 Å². The monoisotopic (exact) mass is 336 g/mol. The van der Waals surface area contributed by atoms with Crippen LogP contribution in [0.5, 0.6) is 5.75 Å². The van der Waals surface area contributed by atoms with E-state index in [1.54, 1.807) is 33.0 Å². The van der Waals surface area contributed by atoms with E-state index in [0.717, 1.165) is 11.8 Å². The second-order valence-electron chi connectivity index (χ2n) is 5.71. The lowest BCUT2D eigenvalue weighted by molar-refractivity contribution is 0.115. The zero-order valence-corrected chi connectivity index (χ0v) is 13.6. The number of ether oxygens (including phenoxy) is 1. The average Bonchev–Trinajstić information content (AvgIpc) is 2.44. The fraction of sp³-hybridized carbons (Fsp3) is 0.235. The Bertz CT molecular complexity index is 818. The Balaban J connectivity index is 2.26. The number of hydrogen-bond acceptors (Lipinski definition) is 3. The van der Waals surface area contributed by atoms with Crippen LogP contribution in [0.4, 0.5) is 14.5 Å². The van der Waals surface area contributed by atoms with E-state index in [-0.39, 0.29) is 5.56 Å². The van der Waals surface area contributed by atoms with Crippen LogP contribution in [0.15, 0.2) is 35.3 Å². The van der Waals surface area contributed by atoms with Crippen molar-refractivity contribution in [3.05, 3.63) is 58.1 Å². The van der Waals surface area contributed by atoms with Crippen molar-refractivity contribution in [2.24, 2.45) is 4.99 Å². The highest BCUT2D eigenvalue weighted by Gasteiger charge is 2.32. The van der Waals surface area contributed by atoms with Gasteiger partial charge in [-0.15, -0.1) is 0 Å². The van der Waals surface area contributed by atoms with E-state index in [4.69, 9.17) is 16.3 Å². The van der Waals surface area contributed by atoms with Crippen molar-refractivity contribution in [3.8, 4) is 5.75 Å². The van der Waals surface area contributed by atoms with Gasteiger partial charge in [0.05, 0.1) is 16.3 Å². The van der Waals surface area contributed by atoms with E-state index in [9.17, 15) is 8.78 Å². The lowest BCUT2D eigenvalue weighted by Crippen LogP contribution is -2.33. The summed E-state index contributed by atoms with van der Waals surface area (Å²) in [5.41, 5.74) is 0.907. The van der Waals surface area contributed by atoms with Gasteiger partial charge in [0.2, 0.25) is 0 Å². The quantitative estimate of drug-likeness (QED) is 0.867. The number of nitrogens with one attached hydrogen (secondary N) is 1.